The molecule has 2 fully saturated rings. The highest BCUT2D eigenvalue weighted by atomic mass is 32.1. The highest BCUT2D eigenvalue weighted by Gasteiger charge is 2.41. The minimum atomic E-state index is 0.0863. The van der Waals surface area contributed by atoms with E-state index in [2.05, 4.69) is 25.6 Å². The largest absolute Gasteiger partial charge is 0.364 e. The first-order valence-corrected chi connectivity index (χ1v) is 7.43. The van der Waals surface area contributed by atoms with Gasteiger partial charge in [0.05, 0.1) is 12.0 Å². The van der Waals surface area contributed by atoms with Gasteiger partial charge in [0.1, 0.15) is 12.0 Å². The van der Waals surface area contributed by atoms with Gasteiger partial charge in [-0.3, -0.25) is 4.79 Å². The zero-order chi connectivity index (χ0) is 13.5. The number of carbonyl (C=O) groups excluding carboxylic acids is 1. The summed E-state index contributed by atoms with van der Waals surface area (Å²) in [5.74, 6) is 0.254. The van der Waals surface area contributed by atoms with Crippen LogP contribution in [0, 0.1) is 5.92 Å². The van der Waals surface area contributed by atoms with Crippen LogP contribution in [0.5, 0.6) is 0 Å². The first-order chi connectivity index (χ1) is 9.83. The van der Waals surface area contributed by atoms with E-state index in [1.54, 1.807) is 6.07 Å². The van der Waals surface area contributed by atoms with E-state index in [4.69, 9.17) is 4.52 Å². The molecule has 1 amide bonds. The lowest BCUT2D eigenvalue weighted by Gasteiger charge is -2.35. The molecule has 0 aliphatic carbocycles. The summed E-state index contributed by atoms with van der Waals surface area (Å²) < 4.78 is 4.83. The molecule has 0 spiro atoms. The van der Waals surface area contributed by atoms with Gasteiger partial charge in [-0.1, -0.05) is 16.5 Å². The molecule has 1 N–H and O–H groups in total. The number of anilines is 1. The molecule has 2 aliphatic rings. The minimum absolute atomic E-state index is 0.0863. The summed E-state index contributed by atoms with van der Waals surface area (Å²) in [6.07, 6.45) is 3.49. The quantitative estimate of drug-likeness (QED) is 0.885. The number of nitrogens with zero attached hydrogens (tertiary/aromatic N) is 4. The van der Waals surface area contributed by atoms with Crippen LogP contribution >= 0.6 is 11.3 Å². The summed E-state index contributed by atoms with van der Waals surface area (Å²) in [5.41, 5.74) is 0.697. The Bertz CT molecular complexity index is 626. The lowest BCUT2D eigenvalue weighted by Crippen LogP contribution is -2.45. The Kier molecular flexibility index (Phi) is 2.69. The standard InChI is InChI=1S/C12H13N5O2S/c18-10-7-2-1-4-17(9(7)6-13-10)12-15-14-11(20-12)8-3-5-19-16-8/h3,5,7,9H,1-2,4,6H2,(H,13,18)/t7-,9-/m1/s1. The number of amides is 1. The van der Waals surface area contributed by atoms with Gasteiger partial charge in [-0.2, -0.15) is 0 Å². The Morgan fingerprint density at radius 2 is 2.40 bits per heavy atom. The van der Waals surface area contributed by atoms with Crippen LogP contribution in [-0.2, 0) is 4.79 Å². The summed E-state index contributed by atoms with van der Waals surface area (Å²) in [5, 5.41) is 16.8. The van der Waals surface area contributed by atoms with Gasteiger partial charge in [0.25, 0.3) is 0 Å². The topological polar surface area (TPSA) is 84.2 Å². The molecule has 20 heavy (non-hydrogen) atoms. The van der Waals surface area contributed by atoms with E-state index in [9.17, 15) is 4.79 Å². The normalized spacial score (nSPS) is 25.6. The number of carbonyl (C=O) groups is 1. The Morgan fingerprint density at radius 3 is 3.25 bits per heavy atom. The third-order valence-corrected chi connectivity index (χ3v) is 4.90. The first-order valence-electron chi connectivity index (χ1n) is 6.61. The van der Waals surface area contributed by atoms with Gasteiger partial charge < -0.3 is 14.7 Å². The first kappa shape index (κ1) is 11.8. The number of hydrogen-bond donors (Lipinski definition) is 1. The molecule has 4 rings (SSSR count). The average molecular weight is 291 g/mol. The number of nitrogens with one attached hydrogen (secondary N) is 1. The maximum absolute atomic E-state index is 11.8. The predicted octanol–water partition coefficient (Wildman–Crippen LogP) is 0.908. The van der Waals surface area contributed by atoms with E-state index >= 15 is 0 Å². The Hall–Kier alpha value is -1.96. The molecular weight excluding hydrogens is 278 g/mol. The smallest absolute Gasteiger partial charge is 0.225 e. The number of piperidine rings is 1. The highest BCUT2D eigenvalue weighted by Crippen LogP contribution is 2.35. The van der Waals surface area contributed by atoms with Crippen molar-refractivity contribution in [1.82, 2.24) is 20.7 Å². The van der Waals surface area contributed by atoms with E-state index in [0.717, 1.165) is 29.5 Å². The molecule has 2 saturated heterocycles. The zero-order valence-electron chi connectivity index (χ0n) is 10.7. The van der Waals surface area contributed by atoms with Crippen molar-refractivity contribution in [2.45, 2.75) is 18.9 Å². The maximum atomic E-state index is 11.8. The van der Waals surface area contributed by atoms with Crippen molar-refractivity contribution in [1.29, 1.82) is 0 Å². The van der Waals surface area contributed by atoms with E-state index < -0.39 is 0 Å². The summed E-state index contributed by atoms with van der Waals surface area (Å²) in [4.78, 5) is 14.0. The molecule has 0 radical (unpaired) electrons. The third kappa shape index (κ3) is 1.79. The van der Waals surface area contributed by atoms with Crippen molar-refractivity contribution in [3.63, 3.8) is 0 Å². The van der Waals surface area contributed by atoms with Crippen molar-refractivity contribution in [3.8, 4) is 10.7 Å². The van der Waals surface area contributed by atoms with Gasteiger partial charge >= 0.3 is 0 Å². The SMILES string of the molecule is O=C1NC[C@@H]2[C@H]1CCCN2c1nnc(-c2ccon2)s1. The van der Waals surface area contributed by atoms with Gasteiger partial charge in [-0.05, 0) is 12.8 Å². The van der Waals surface area contributed by atoms with Crippen LogP contribution in [0.3, 0.4) is 0 Å². The van der Waals surface area contributed by atoms with Crippen molar-refractivity contribution < 1.29 is 9.32 Å². The Balaban J connectivity index is 1.62. The predicted molar refractivity (Wildman–Crippen MR) is 72.3 cm³/mol. The van der Waals surface area contributed by atoms with Gasteiger partial charge in [0, 0.05) is 19.2 Å². The molecule has 4 heterocycles. The Labute approximate surface area is 119 Å². The summed E-state index contributed by atoms with van der Waals surface area (Å²) in [6.45, 7) is 1.62. The van der Waals surface area contributed by atoms with Crippen molar-refractivity contribution in [2.75, 3.05) is 18.0 Å². The summed E-state index contributed by atoms with van der Waals surface area (Å²) in [7, 11) is 0. The van der Waals surface area contributed by atoms with Crippen molar-refractivity contribution in [2.24, 2.45) is 5.92 Å². The minimum Gasteiger partial charge on any atom is -0.364 e. The maximum Gasteiger partial charge on any atom is 0.225 e. The monoisotopic (exact) mass is 291 g/mol. The van der Waals surface area contributed by atoms with Crippen LogP contribution in [0.4, 0.5) is 5.13 Å². The highest BCUT2D eigenvalue weighted by molar-refractivity contribution is 7.18. The lowest BCUT2D eigenvalue weighted by atomic mass is 9.92. The zero-order valence-corrected chi connectivity index (χ0v) is 11.5. The molecule has 2 atom stereocenters. The van der Waals surface area contributed by atoms with Gasteiger partial charge in [-0.25, -0.2) is 0 Å². The molecular formula is C12H13N5O2S. The second kappa shape index (κ2) is 4.55. The second-order valence-electron chi connectivity index (χ2n) is 5.03. The molecule has 0 saturated carbocycles. The van der Waals surface area contributed by atoms with E-state index in [0.29, 0.717) is 12.2 Å². The number of rotatable bonds is 2. The van der Waals surface area contributed by atoms with Crippen LogP contribution < -0.4 is 10.2 Å². The molecule has 2 aromatic heterocycles. The van der Waals surface area contributed by atoms with E-state index in [1.165, 1.54) is 17.6 Å². The number of fused-ring (bicyclic) bond motifs is 1. The second-order valence-corrected chi connectivity index (χ2v) is 5.99. The van der Waals surface area contributed by atoms with Gasteiger partial charge in [-0.15, -0.1) is 10.2 Å². The van der Waals surface area contributed by atoms with Gasteiger partial charge in [0.2, 0.25) is 11.0 Å². The van der Waals surface area contributed by atoms with E-state index in [-0.39, 0.29) is 17.9 Å². The van der Waals surface area contributed by atoms with Crippen LogP contribution in [0.2, 0.25) is 0 Å². The molecule has 0 unspecified atom stereocenters. The van der Waals surface area contributed by atoms with Crippen LogP contribution in [-0.4, -0.2) is 40.4 Å². The Morgan fingerprint density at radius 1 is 1.45 bits per heavy atom. The fraction of sp³-hybridized carbons (Fsp3) is 0.500. The van der Waals surface area contributed by atoms with E-state index in [1.807, 2.05) is 0 Å². The van der Waals surface area contributed by atoms with Crippen LogP contribution in [0.1, 0.15) is 12.8 Å². The number of aromatic nitrogens is 3. The molecule has 7 nitrogen and oxygen atoms in total. The molecule has 2 aromatic rings. The molecule has 0 bridgehead atoms. The molecule has 0 aromatic carbocycles. The third-order valence-electron chi connectivity index (χ3n) is 3.92. The molecule has 2 aliphatic heterocycles. The van der Waals surface area contributed by atoms with Crippen LogP contribution in [0.25, 0.3) is 10.7 Å². The summed E-state index contributed by atoms with van der Waals surface area (Å²) in [6, 6.07) is 1.97. The van der Waals surface area contributed by atoms with Crippen molar-refractivity contribution >= 4 is 22.4 Å². The fourth-order valence-corrected chi connectivity index (χ4v) is 3.84. The molecule has 104 valence electrons. The van der Waals surface area contributed by atoms with Gasteiger partial charge in [0.15, 0.2) is 5.01 Å². The van der Waals surface area contributed by atoms with Crippen molar-refractivity contribution in [3.05, 3.63) is 12.3 Å². The fourth-order valence-electron chi connectivity index (χ4n) is 2.95. The number of hydrogen-bond acceptors (Lipinski definition) is 7. The lowest BCUT2D eigenvalue weighted by molar-refractivity contribution is -0.122. The summed E-state index contributed by atoms with van der Waals surface area (Å²) >= 11 is 1.49. The van der Waals surface area contributed by atoms with Crippen LogP contribution in [0.15, 0.2) is 16.9 Å². The average Bonchev–Trinajstić information content (AvgIpc) is 3.18. The molecule has 8 heteroatoms.